The fourth-order valence-corrected chi connectivity index (χ4v) is 5.40. The van der Waals surface area contributed by atoms with E-state index in [1.54, 1.807) is 44.1 Å². The number of nitrogens with one attached hydrogen (secondary N) is 3. The molecule has 1 aliphatic rings. The zero-order valence-electron chi connectivity index (χ0n) is 24.7. The molecule has 41 heavy (non-hydrogen) atoms. The molecule has 0 radical (unpaired) electrons. The van der Waals surface area contributed by atoms with Crippen molar-refractivity contribution in [3.8, 4) is 11.1 Å². The second-order valence-corrected chi connectivity index (χ2v) is 11.4. The molecule has 1 saturated heterocycles. The summed E-state index contributed by atoms with van der Waals surface area (Å²) in [5, 5.41) is 5.78. The van der Waals surface area contributed by atoms with E-state index in [4.69, 9.17) is 4.98 Å². The Kier molecular flexibility index (Phi) is 9.42. The Balaban J connectivity index is 1.66. The van der Waals surface area contributed by atoms with Crippen molar-refractivity contribution in [2.45, 2.75) is 71.1 Å². The molecule has 10 heteroatoms. The minimum atomic E-state index is -0.930. The molecular formula is C31H41FN6O3. The maximum Gasteiger partial charge on any atom is 0.247 e. The molecule has 3 amide bonds. The quantitative estimate of drug-likeness (QED) is 0.345. The van der Waals surface area contributed by atoms with Gasteiger partial charge >= 0.3 is 0 Å². The van der Waals surface area contributed by atoms with Crippen LogP contribution >= 0.6 is 0 Å². The number of likely N-dealkylation sites (tertiary alicyclic amines) is 1. The fourth-order valence-electron chi connectivity index (χ4n) is 5.40. The van der Waals surface area contributed by atoms with Gasteiger partial charge in [-0.15, -0.1) is 0 Å². The number of benzene rings is 2. The number of aromatic amines is 1. The summed E-state index contributed by atoms with van der Waals surface area (Å²) in [6, 6.07) is 10.2. The van der Waals surface area contributed by atoms with Gasteiger partial charge in [-0.25, -0.2) is 9.37 Å². The SMILES string of the molecule is CN[C@@H](C)C(=O)N[C@@H](CN(C)C(=O)CC(C)C)C(=O)N1C(C)CC[C@H]1c1nc2c(-c3ccccc3F)cccc2[nH]1. The van der Waals surface area contributed by atoms with Crippen molar-refractivity contribution >= 4 is 28.8 Å². The van der Waals surface area contributed by atoms with Crippen molar-refractivity contribution in [3.63, 3.8) is 0 Å². The Bertz CT molecular complexity index is 1410. The number of imidazole rings is 1. The van der Waals surface area contributed by atoms with Crippen LogP contribution in [0.4, 0.5) is 4.39 Å². The van der Waals surface area contributed by atoms with Crippen LogP contribution in [0.15, 0.2) is 42.5 Å². The largest absolute Gasteiger partial charge is 0.343 e. The van der Waals surface area contributed by atoms with Gasteiger partial charge in [-0.3, -0.25) is 14.4 Å². The van der Waals surface area contributed by atoms with Gasteiger partial charge in [0.25, 0.3) is 0 Å². The summed E-state index contributed by atoms with van der Waals surface area (Å²) in [7, 11) is 3.34. The summed E-state index contributed by atoms with van der Waals surface area (Å²) < 4.78 is 14.7. The highest BCUT2D eigenvalue weighted by Crippen LogP contribution is 2.37. The summed E-state index contributed by atoms with van der Waals surface area (Å²) in [5.41, 5.74) is 2.51. The van der Waals surface area contributed by atoms with Gasteiger partial charge in [0, 0.05) is 37.2 Å². The molecule has 2 heterocycles. The molecule has 3 N–H and O–H groups in total. The lowest BCUT2D eigenvalue weighted by atomic mass is 10.0. The van der Waals surface area contributed by atoms with Crippen molar-refractivity contribution < 1.29 is 18.8 Å². The van der Waals surface area contributed by atoms with Crippen LogP contribution in [0, 0.1) is 11.7 Å². The highest BCUT2D eigenvalue weighted by Gasteiger charge is 2.41. The Morgan fingerprint density at radius 1 is 1.10 bits per heavy atom. The minimum absolute atomic E-state index is 0.0556. The van der Waals surface area contributed by atoms with Gasteiger partial charge in [-0.05, 0) is 51.8 Å². The third-order valence-corrected chi connectivity index (χ3v) is 7.84. The highest BCUT2D eigenvalue weighted by molar-refractivity contribution is 5.93. The topological polar surface area (TPSA) is 110 Å². The van der Waals surface area contributed by atoms with Gasteiger partial charge < -0.3 is 25.4 Å². The van der Waals surface area contributed by atoms with Gasteiger partial charge in [-0.1, -0.05) is 44.2 Å². The molecule has 4 rings (SSSR count). The Labute approximate surface area is 240 Å². The zero-order chi connectivity index (χ0) is 29.8. The van der Waals surface area contributed by atoms with E-state index in [9.17, 15) is 18.8 Å². The van der Waals surface area contributed by atoms with Crippen LogP contribution in [-0.4, -0.2) is 76.3 Å². The number of rotatable bonds is 10. The predicted molar refractivity (Wildman–Crippen MR) is 157 cm³/mol. The Morgan fingerprint density at radius 3 is 2.49 bits per heavy atom. The molecule has 9 nitrogen and oxygen atoms in total. The lowest BCUT2D eigenvalue weighted by Crippen LogP contribution is -2.57. The molecule has 1 fully saturated rings. The summed E-state index contributed by atoms with van der Waals surface area (Å²) in [6.07, 6.45) is 1.78. The van der Waals surface area contributed by atoms with E-state index in [1.165, 1.54) is 11.0 Å². The van der Waals surface area contributed by atoms with Crippen LogP contribution in [0.2, 0.25) is 0 Å². The van der Waals surface area contributed by atoms with Crippen LogP contribution in [0.1, 0.15) is 58.8 Å². The van der Waals surface area contributed by atoms with Gasteiger partial charge in [0.1, 0.15) is 17.7 Å². The average molecular weight is 565 g/mol. The van der Waals surface area contributed by atoms with Crippen molar-refractivity contribution in [1.29, 1.82) is 0 Å². The van der Waals surface area contributed by atoms with Crippen LogP contribution in [0.25, 0.3) is 22.2 Å². The minimum Gasteiger partial charge on any atom is -0.343 e. The highest BCUT2D eigenvalue weighted by atomic mass is 19.1. The third-order valence-electron chi connectivity index (χ3n) is 7.84. The Hall–Kier alpha value is -3.79. The van der Waals surface area contributed by atoms with Crippen LogP contribution in [-0.2, 0) is 14.4 Å². The van der Waals surface area contributed by atoms with Gasteiger partial charge in [0.05, 0.1) is 23.1 Å². The van der Waals surface area contributed by atoms with Crippen molar-refractivity contribution in [3.05, 3.63) is 54.1 Å². The molecule has 220 valence electrons. The summed E-state index contributed by atoms with van der Waals surface area (Å²) in [5.74, 6) is -0.227. The van der Waals surface area contributed by atoms with Crippen LogP contribution in [0.3, 0.4) is 0 Å². The number of aromatic nitrogens is 2. The van der Waals surface area contributed by atoms with Gasteiger partial charge in [0.2, 0.25) is 17.7 Å². The number of nitrogens with zero attached hydrogens (tertiary/aromatic N) is 3. The number of likely N-dealkylation sites (N-methyl/N-ethyl adjacent to an activating group) is 2. The summed E-state index contributed by atoms with van der Waals surface area (Å²) in [4.78, 5) is 51.4. The van der Waals surface area contributed by atoms with Crippen molar-refractivity contribution in [2.24, 2.45) is 5.92 Å². The lowest BCUT2D eigenvalue weighted by Gasteiger charge is -2.33. The second-order valence-electron chi connectivity index (χ2n) is 11.4. The standard InChI is InChI=1S/C31H41FN6O3/c1-18(2)16-27(39)37(6)17-25(35-30(40)20(4)33-5)31(41)38-19(3)14-15-26(38)29-34-24-13-9-11-22(28(24)36-29)21-10-7-8-12-23(21)32/h7-13,18-20,25-26,33H,14-17H2,1-6H3,(H,34,36)(H,35,40)/t19?,20-,25-,26-/m0/s1. The smallest absolute Gasteiger partial charge is 0.247 e. The monoisotopic (exact) mass is 564 g/mol. The number of halogens is 1. The number of hydrogen-bond acceptors (Lipinski definition) is 5. The maximum atomic E-state index is 14.7. The summed E-state index contributed by atoms with van der Waals surface area (Å²) in [6.45, 7) is 7.68. The number of hydrogen-bond donors (Lipinski definition) is 3. The molecule has 1 aliphatic heterocycles. The zero-order valence-corrected chi connectivity index (χ0v) is 24.7. The van der Waals surface area contributed by atoms with E-state index >= 15 is 0 Å². The summed E-state index contributed by atoms with van der Waals surface area (Å²) >= 11 is 0. The van der Waals surface area contributed by atoms with Crippen molar-refractivity contribution in [2.75, 3.05) is 20.6 Å². The van der Waals surface area contributed by atoms with E-state index < -0.39 is 12.1 Å². The number of amides is 3. The van der Waals surface area contributed by atoms with Crippen LogP contribution in [0.5, 0.6) is 0 Å². The Morgan fingerprint density at radius 2 is 1.80 bits per heavy atom. The molecule has 2 aromatic carbocycles. The molecule has 0 spiro atoms. The van der Waals surface area contributed by atoms with E-state index in [2.05, 4.69) is 15.6 Å². The molecule has 0 aliphatic carbocycles. The molecule has 0 saturated carbocycles. The van der Waals surface area contributed by atoms with E-state index in [1.807, 2.05) is 39.0 Å². The maximum absolute atomic E-state index is 14.7. The predicted octanol–water partition coefficient (Wildman–Crippen LogP) is 4.02. The number of para-hydroxylation sites is 1. The van der Waals surface area contributed by atoms with Crippen LogP contribution < -0.4 is 10.6 Å². The first-order valence-corrected chi connectivity index (χ1v) is 14.3. The van der Waals surface area contributed by atoms with Crippen molar-refractivity contribution in [1.82, 2.24) is 30.4 Å². The first kappa shape index (κ1) is 30.2. The lowest BCUT2D eigenvalue weighted by molar-refractivity contribution is -0.141. The average Bonchev–Trinajstić information content (AvgIpc) is 3.54. The van der Waals surface area contributed by atoms with E-state index in [-0.39, 0.29) is 48.1 Å². The van der Waals surface area contributed by atoms with Gasteiger partial charge in [-0.2, -0.15) is 0 Å². The van der Waals surface area contributed by atoms with E-state index in [0.29, 0.717) is 35.3 Å². The molecule has 3 aromatic rings. The first-order chi connectivity index (χ1) is 19.5. The molecule has 4 atom stereocenters. The van der Waals surface area contributed by atoms with E-state index in [0.717, 1.165) is 11.9 Å². The first-order valence-electron chi connectivity index (χ1n) is 14.3. The third kappa shape index (κ3) is 6.59. The fraction of sp³-hybridized carbons (Fsp3) is 0.484. The number of carbonyl (C=O) groups excluding carboxylic acids is 3. The molecule has 1 aromatic heterocycles. The number of carbonyl (C=O) groups is 3. The number of H-pyrrole nitrogens is 1. The normalized spacial score (nSPS) is 18.5. The molecular weight excluding hydrogens is 523 g/mol. The molecule has 0 bridgehead atoms. The van der Waals surface area contributed by atoms with Gasteiger partial charge in [0.15, 0.2) is 0 Å². The number of fused-ring (bicyclic) bond motifs is 1. The molecule has 1 unspecified atom stereocenters. The second kappa shape index (κ2) is 12.8.